The number of hydrogen-bond acceptors (Lipinski definition) is 4. The van der Waals surface area contributed by atoms with Crippen molar-refractivity contribution in [1.82, 2.24) is 9.97 Å². The topological polar surface area (TPSA) is 66.0 Å². The van der Waals surface area contributed by atoms with Crippen molar-refractivity contribution in [3.05, 3.63) is 15.9 Å². The van der Waals surface area contributed by atoms with Crippen molar-refractivity contribution in [3.63, 3.8) is 0 Å². The molecule has 0 bridgehead atoms. The maximum atomic E-state index is 12.0. The third-order valence-electron chi connectivity index (χ3n) is 3.21. The summed E-state index contributed by atoms with van der Waals surface area (Å²) in [5.74, 6) is 0.933. The summed E-state index contributed by atoms with van der Waals surface area (Å²) >= 11 is 1.43. The molecule has 2 rings (SSSR count). The number of H-pyrrole nitrogens is 1. The third-order valence-corrected chi connectivity index (χ3v) is 3.96. The van der Waals surface area contributed by atoms with E-state index in [4.69, 9.17) is 0 Å². The molecule has 1 fully saturated rings. The zero-order valence-electron chi connectivity index (χ0n) is 10.0. The summed E-state index contributed by atoms with van der Waals surface area (Å²) in [7, 11) is 0. The van der Waals surface area contributed by atoms with Gasteiger partial charge in [0, 0.05) is 0 Å². The lowest BCUT2D eigenvalue weighted by atomic mass is 9.85. The number of aromatic nitrogens is 2. The molecule has 4 nitrogen and oxygen atoms in total. The van der Waals surface area contributed by atoms with Crippen molar-refractivity contribution >= 4 is 11.8 Å². The largest absolute Gasteiger partial charge is 0.493 e. The second kappa shape index (κ2) is 5.58. The molecular formula is C12H18N2O2S. The molecule has 5 heteroatoms. The Morgan fingerprint density at radius 2 is 2.12 bits per heavy atom. The van der Waals surface area contributed by atoms with E-state index in [1.165, 1.54) is 18.2 Å². The van der Waals surface area contributed by atoms with Crippen LogP contribution >= 0.6 is 11.8 Å². The Hall–Kier alpha value is -0.970. The van der Waals surface area contributed by atoms with Crippen LogP contribution in [-0.4, -0.2) is 20.8 Å². The van der Waals surface area contributed by atoms with E-state index in [1.807, 2.05) is 6.92 Å². The molecule has 0 radical (unpaired) electrons. The summed E-state index contributed by atoms with van der Waals surface area (Å²) in [6, 6.07) is 0. The molecule has 0 atom stereocenters. The third kappa shape index (κ3) is 2.83. The van der Waals surface area contributed by atoms with Crippen LogP contribution in [0.25, 0.3) is 0 Å². The quantitative estimate of drug-likeness (QED) is 0.643. The number of aromatic amines is 1. The van der Waals surface area contributed by atoms with Crippen LogP contribution in [0.15, 0.2) is 9.95 Å². The van der Waals surface area contributed by atoms with Gasteiger partial charge in [-0.3, -0.25) is 4.79 Å². The molecule has 0 spiro atoms. The van der Waals surface area contributed by atoms with Crippen molar-refractivity contribution in [3.8, 4) is 5.88 Å². The summed E-state index contributed by atoms with van der Waals surface area (Å²) in [5, 5.41) is 10.4. The van der Waals surface area contributed by atoms with E-state index in [1.54, 1.807) is 0 Å². The highest BCUT2D eigenvalue weighted by Gasteiger charge is 2.23. The molecular weight excluding hydrogens is 236 g/mol. The molecule has 0 unspecified atom stereocenters. The van der Waals surface area contributed by atoms with Crippen molar-refractivity contribution in [2.75, 3.05) is 5.75 Å². The van der Waals surface area contributed by atoms with Crippen molar-refractivity contribution in [1.29, 1.82) is 0 Å². The number of rotatable bonds is 3. The Bertz CT molecular complexity index is 439. The van der Waals surface area contributed by atoms with Gasteiger partial charge < -0.3 is 10.1 Å². The van der Waals surface area contributed by atoms with Gasteiger partial charge in [0.15, 0.2) is 5.16 Å². The van der Waals surface area contributed by atoms with Crippen molar-refractivity contribution < 1.29 is 5.11 Å². The predicted octanol–water partition coefficient (Wildman–Crippen LogP) is 2.64. The summed E-state index contributed by atoms with van der Waals surface area (Å²) in [6.45, 7) is 1.98. The molecule has 0 amide bonds. The number of nitrogens with one attached hydrogen (secondary N) is 1. The van der Waals surface area contributed by atoms with E-state index in [2.05, 4.69) is 9.97 Å². The summed E-state index contributed by atoms with van der Waals surface area (Å²) in [5.41, 5.74) is 0.325. The molecule has 0 aliphatic heterocycles. The Morgan fingerprint density at radius 3 is 2.71 bits per heavy atom. The number of thioether (sulfide) groups is 1. The van der Waals surface area contributed by atoms with E-state index in [0.29, 0.717) is 10.7 Å². The minimum absolute atomic E-state index is 0.0726. The molecule has 94 valence electrons. The summed E-state index contributed by atoms with van der Waals surface area (Å²) < 4.78 is 0. The molecule has 1 aliphatic rings. The van der Waals surface area contributed by atoms with Crippen molar-refractivity contribution in [2.24, 2.45) is 0 Å². The molecule has 1 aromatic rings. The Labute approximate surface area is 105 Å². The van der Waals surface area contributed by atoms with E-state index < -0.39 is 0 Å². The average molecular weight is 254 g/mol. The second-order valence-electron chi connectivity index (χ2n) is 4.38. The van der Waals surface area contributed by atoms with E-state index in [9.17, 15) is 9.90 Å². The maximum Gasteiger partial charge on any atom is 0.258 e. The normalized spacial score (nSPS) is 17.2. The molecule has 1 heterocycles. The Balaban J connectivity index is 2.30. The van der Waals surface area contributed by atoms with Gasteiger partial charge in [-0.05, 0) is 24.5 Å². The lowest BCUT2D eigenvalue weighted by Crippen LogP contribution is -2.20. The Kier molecular flexibility index (Phi) is 4.10. The first-order chi connectivity index (χ1) is 8.22. The first kappa shape index (κ1) is 12.5. The highest BCUT2D eigenvalue weighted by Crippen LogP contribution is 2.34. The highest BCUT2D eigenvalue weighted by atomic mass is 32.2. The van der Waals surface area contributed by atoms with Crippen LogP contribution < -0.4 is 5.56 Å². The standard InChI is InChI=1S/C12H18N2O2S/c1-2-17-12-13-10(15)9(11(16)14-12)8-6-4-3-5-7-8/h8H,2-7H2,1H3,(H2,13,14,15,16). The van der Waals surface area contributed by atoms with Gasteiger partial charge >= 0.3 is 0 Å². The van der Waals surface area contributed by atoms with E-state index in [0.717, 1.165) is 31.4 Å². The Morgan fingerprint density at radius 1 is 1.41 bits per heavy atom. The van der Waals surface area contributed by atoms with Gasteiger partial charge in [0.2, 0.25) is 5.88 Å². The average Bonchev–Trinajstić information content (AvgIpc) is 2.30. The smallest absolute Gasteiger partial charge is 0.258 e. The zero-order valence-corrected chi connectivity index (χ0v) is 10.8. The van der Waals surface area contributed by atoms with Gasteiger partial charge in [0.05, 0.1) is 5.56 Å². The van der Waals surface area contributed by atoms with Crippen LogP contribution in [0.4, 0.5) is 0 Å². The SMILES string of the molecule is CCSc1nc(O)c(C2CCCCC2)c(=O)[nH]1. The van der Waals surface area contributed by atoms with Gasteiger partial charge in [-0.2, -0.15) is 4.98 Å². The van der Waals surface area contributed by atoms with Crippen LogP contribution in [0.3, 0.4) is 0 Å². The van der Waals surface area contributed by atoms with Gasteiger partial charge in [0.1, 0.15) is 0 Å². The lowest BCUT2D eigenvalue weighted by Gasteiger charge is -2.21. The zero-order chi connectivity index (χ0) is 12.3. The van der Waals surface area contributed by atoms with Crippen LogP contribution in [0.1, 0.15) is 50.5 Å². The second-order valence-corrected chi connectivity index (χ2v) is 5.63. The number of nitrogens with zero attached hydrogens (tertiary/aromatic N) is 1. The first-order valence-electron chi connectivity index (χ1n) is 6.18. The molecule has 2 N–H and O–H groups in total. The fraction of sp³-hybridized carbons (Fsp3) is 0.667. The molecule has 0 aromatic carbocycles. The first-order valence-corrected chi connectivity index (χ1v) is 7.17. The van der Waals surface area contributed by atoms with E-state index in [-0.39, 0.29) is 17.4 Å². The minimum atomic E-state index is -0.166. The molecule has 1 saturated carbocycles. The van der Waals surface area contributed by atoms with Crippen molar-refractivity contribution in [2.45, 2.75) is 50.1 Å². The van der Waals surface area contributed by atoms with Crippen LogP contribution in [0, 0.1) is 0 Å². The molecule has 0 saturated heterocycles. The fourth-order valence-electron chi connectivity index (χ4n) is 2.41. The van der Waals surface area contributed by atoms with Crippen LogP contribution in [-0.2, 0) is 0 Å². The molecule has 1 aromatic heterocycles. The number of aromatic hydroxyl groups is 1. The lowest BCUT2D eigenvalue weighted by molar-refractivity contribution is 0.394. The van der Waals surface area contributed by atoms with Crippen LogP contribution in [0.2, 0.25) is 0 Å². The van der Waals surface area contributed by atoms with Gasteiger partial charge in [-0.15, -0.1) is 0 Å². The molecule has 1 aliphatic carbocycles. The van der Waals surface area contributed by atoms with Gasteiger partial charge in [-0.1, -0.05) is 37.9 Å². The molecule has 17 heavy (non-hydrogen) atoms. The predicted molar refractivity (Wildman–Crippen MR) is 68.7 cm³/mol. The minimum Gasteiger partial charge on any atom is -0.493 e. The van der Waals surface area contributed by atoms with Gasteiger partial charge in [0.25, 0.3) is 5.56 Å². The van der Waals surface area contributed by atoms with Crippen LogP contribution in [0.5, 0.6) is 5.88 Å². The fourth-order valence-corrected chi connectivity index (χ4v) is 3.00. The monoisotopic (exact) mass is 254 g/mol. The summed E-state index contributed by atoms with van der Waals surface area (Å²) in [4.78, 5) is 18.8. The van der Waals surface area contributed by atoms with Gasteiger partial charge in [-0.25, -0.2) is 0 Å². The van der Waals surface area contributed by atoms with E-state index >= 15 is 0 Å². The number of hydrogen-bond donors (Lipinski definition) is 2. The maximum absolute atomic E-state index is 12.0. The summed E-state index contributed by atoms with van der Waals surface area (Å²) in [6.07, 6.45) is 5.47. The highest BCUT2D eigenvalue weighted by molar-refractivity contribution is 7.99.